The summed E-state index contributed by atoms with van der Waals surface area (Å²) in [7, 11) is 0. The average molecular weight is 200 g/mol. The van der Waals surface area contributed by atoms with E-state index in [0.717, 1.165) is 12.8 Å². The van der Waals surface area contributed by atoms with Crippen molar-refractivity contribution < 1.29 is 14.7 Å². The lowest BCUT2D eigenvalue weighted by Gasteiger charge is -2.03. The topological polar surface area (TPSA) is 78.4 Å². The molecule has 0 aromatic heterocycles. The van der Waals surface area contributed by atoms with Crippen LogP contribution in [0.5, 0.6) is 0 Å². The highest BCUT2D eigenvalue weighted by atomic mass is 16.4. The molecule has 5 nitrogen and oxygen atoms in total. The van der Waals surface area contributed by atoms with Crippen LogP contribution < -0.4 is 10.6 Å². The van der Waals surface area contributed by atoms with Crippen LogP contribution in [-0.4, -0.2) is 36.1 Å². The Hall–Kier alpha value is -1.10. The Morgan fingerprint density at radius 1 is 1.36 bits per heavy atom. The highest BCUT2D eigenvalue weighted by Crippen LogP contribution is 2.18. The summed E-state index contributed by atoms with van der Waals surface area (Å²) in [5.74, 6) is -0.794. The van der Waals surface area contributed by atoms with Gasteiger partial charge in [-0.15, -0.1) is 0 Å². The zero-order chi connectivity index (χ0) is 10.4. The Labute approximate surface area is 82.9 Å². The van der Waals surface area contributed by atoms with Crippen molar-refractivity contribution in [1.29, 1.82) is 0 Å². The molecular weight excluding hydrogens is 184 g/mol. The number of carbonyl (C=O) groups excluding carboxylic acids is 1. The molecule has 3 N–H and O–H groups in total. The predicted molar refractivity (Wildman–Crippen MR) is 50.9 cm³/mol. The van der Waals surface area contributed by atoms with Crippen LogP contribution in [0.15, 0.2) is 0 Å². The summed E-state index contributed by atoms with van der Waals surface area (Å²) >= 11 is 0. The molecule has 1 amide bonds. The molecule has 0 aromatic carbocycles. The monoisotopic (exact) mass is 200 g/mol. The zero-order valence-corrected chi connectivity index (χ0v) is 8.08. The summed E-state index contributed by atoms with van der Waals surface area (Å²) in [5.41, 5.74) is 0. The van der Waals surface area contributed by atoms with Gasteiger partial charge in [-0.1, -0.05) is 0 Å². The predicted octanol–water partition coefficient (Wildman–Crippen LogP) is -0.281. The number of hydrogen-bond donors (Lipinski definition) is 3. The van der Waals surface area contributed by atoms with Crippen molar-refractivity contribution in [1.82, 2.24) is 10.6 Å². The van der Waals surface area contributed by atoms with Gasteiger partial charge >= 0.3 is 5.97 Å². The van der Waals surface area contributed by atoms with Crippen molar-refractivity contribution in [3.05, 3.63) is 0 Å². The fourth-order valence-corrected chi connectivity index (χ4v) is 1.10. The lowest BCUT2D eigenvalue weighted by molar-refractivity contribution is -0.135. The van der Waals surface area contributed by atoms with Crippen LogP contribution in [0.4, 0.5) is 0 Å². The number of hydrogen-bond acceptors (Lipinski definition) is 3. The molecule has 80 valence electrons. The standard InChI is InChI=1S/C9H16N2O3/c12-8(11-7-3-4-7)2-1-5-10-6-9(13)14/h7,10H,1-6H2,(H,11,12)(H,13,14). The molecule has 0 saturated heterocycles. The van der Waals surface area contributed by atoms with Crippen LogP contribution in [0.1, 0.15) is 25.7 Å². The van der Waals surface area contributed by atoms with E-state index >= 15 is 0 Å². The maximum absolute atomic E-state index is 11.1. The molecule has 0 spiro atoms. The Balaban J connectivity index is 1.87. The highest BCUT2D eigenvalue weighted by molar-refractivity contribution is 5.76. The van der Waals surface area contributed by atoms with Gasteiger partial charge in [-0.05, 0) is 25.8 Å². The molecule has 0 radical (unpaired) electrons. The summed E-state index contributed by atoms with van der Waals surface area (Å²) in [6.07, 6.45) is 3.36. The molecular formula is C9H16N2O3. The molecule has 0 aromatic rings. The molecule has 0 bridgehead atoms. The van der Waals surface area contributed by atoms with E-state index in [1.54, 1.807) is 0 Å². The summed E-state index contributed by atoms with van der Waals surface area (Å²) in [6, 6.07) is 0.412. The minimum absolute atomic E-state index is 0.0375. The molecule has 0 atom stereocenters. The van der Waals surface area contributed by atoms with Gasteiger partial charge in [-0.3, -0.25) is 9.59 Å². The first-order valence-corrected chi connectivity index (χ1v) is 4.90. The third kappa shape index (κ3) is 5.53. The van der Waals surface area contributed by atoms with Crippen LogP contribution in [0.2, 0.25) is 0 Å². The SMILES string of the molecule is O=C(O)CNCCCC(=O)NC1CC1. The largest absolute Gasteiger partial charge is 0.480 e. The molecule has 0 unspecified atom stereocenters. The van der Waals surface area contributed by atoms with E-state index < -0.39 is 5.97 Å². The number of nitrogens with one attached hydrogen (secondary N) is 2. The third-order valence-electron chi connectivity index (χ3n) is 1.98. The van der Waals surface area contributed by atoms with E-state index in [9.17, 15) is 9.59 Å². The minimum Gasteiger partial charge on any atom is -0.480 e. The van der Waals surface area contributed by atoms with Crippen molar-refractivity contribution in [2.24, 2.45) is 0 Å². The maximum Gasteiger partial charge on any atom is 0.317 e. The van der Waals surface area contributed by atoms with Gasteiger partial charge in [0.2, 0.25) is 5.91 Å². The van der Waals surface area contributed by atoms with Crippen molar-refractivity contribution in [3.63, 3.8) is 0 Å². The lowest BCUT2D eigenvalue weighted by Crippen LogP contribution is -2.27. The van der Waals surface area contributed by atoms with Crippen LogP contribution in [0, 0.1) is 0 Å². The van der Waals surface area contributed by atoms with Gasteiger partial charge in [0.1, 0.15) is 0 Å². The Kier molecular flexibility index (Phi) is 4.39. The molecule has 1 aliphatic rings. The highest BCUT2D eigenvalue weighted by Gasteiger charge is 2.22. The number of rotatable bonds is 7. The minimum atomic E-state index is -0.868. The summed E-state index contributed by atoms with van der Waals surface area (Å²) in [6.45, 7) is 0.536. The number of carbonyl (C=O) groups is 2. The van der Waals surface area contributed by atoms with E-state index in [-0.39, 0.29) is 12.5 Å². The average Bonchev–Trinajstić information content (AvgIpc) is 2.87. The zero-order valence-electron chi connectivity index (χ0n) is 8.08. The Bertz CT molecular complexity index is 214. The molecule has 1 fully saturated rings. The van der Waals surface area contributed by atoms with Crippen LogP contribution >= 0.6 is 0 Å². The Morgan fingerprint density at radius 2 is 2.07 bits per heavy atom. The maximum atomic E-state index is 11.1. The van der Waals surface area contributed by atoms with Crippen LogP contribution in [0.3, 0.4) is 0 Å². The van der Waals surface area contributed by atoms with Gasteiger partial charge in [0.25, 0.3) is 0 Å². The van der Waals surface area contributed by atoms with Gasteiger partial charge < -0.3 is 15.7 Å². The molecule has 1 aliphatic carbocycles. The van der Waals surface area contributed by atoms with Crippen molar-refractivity contribution in [3.8, 4) is 0 Å². The van der Waals surface area contributed by atoms with E-state index in [2.05, 4.69) is 10.6 Å². The Morgan fingerprint density at radius 3 is 2.64 bits per heavy atom. The molecule has 1 rings (SSSR count). The molecule has 1 saturated carbocycles. The number of amides is 1. The molecule has 0 heterocycles. The second kappa shape index (κ2) is 5.59. The molecule has 14 heavy (non-hydrogen) atoms. The first kappa shape index (κ1) is 11.0. The van der Waals surface area contributed by atoms with Gasteiger partial charge in [-0.25, -0.2) is 0 Å². The van der Waals surface area contributed by atoms with E-state index in [4.69, 9.17) is 5.11 Å². The third-order valence-corrected chi connectivity index (χ3v) is 1.98. The number of carboxylic acids is 1. The number of aliphatic carboxylic acids is 1. The van der Waals surface area contributed by atoms with Gasteiger partial charge in [0.15, 0.2) is 0 Å². The summed E-state index contributed by atoms with van der Waals surface area (Å²) in [5, 5.41) is 13.9. The smallest absolute Gasteiger partial charge is 0.317 e. The normalized spacial score (nSPS) is 15.1. The second-order valence-corrected chi connectivity index (χ2v) is 3.52. The summed E-state index contributed by atoms with van der Waals surface area (Å²) in [4.78, 5) is 21.2. The molecule has 0 aliphatic heterocycles. The fraction of sp³-hybridized carbons (Fsp3) is 0.778. The first-order valence-electron chi connectivity index (χ1n) is 4.90. The summed E-state index contributed by atoms with van der Waals surface area (Å²) < 4.78 is 0. The fourth-order valence-electron chi connectivity index (χ4n) is 1.10. The second-order valence-electron chi connectivity index (χ2n) is 3.52. The van der Waals surface area contributed by atoms with E-state index in [1.165, 1.54) is 0 Å². The van der Waals surface area contributed by atoms with Crippen molar-refractivity contribution in [2.75, 3.05) is 13.1 Å². The van der Waals surface area contributed by atoms with E-state index in [0.29, 0.717) is 25.4 Å². The number of carboxylic acid groups (broad SMARTS) is 1. The molecule has 5 heteroatoms. The van der Waals surface area contributed by atoms with Gasteiger partial charge in [0, 0.05) is 12.5 Å². The first-order chi connectivity index (χ1) is 6.68. The van der Waals surface area contributed by atoms with Gasteiger partial charge in [-0.2, -0.15) is 0 Å². The van der Waals surface area contributed by atoms with Crippen LogP contribution in [-0.2, 0) is 9.59 Å². The van der Waals surface area contributed by atoms with Gasteiger partial charge in [0.05, 0.1) is 6.54 Å². The lowest BCUT2D eigenvalue weighted by atomic mass is 10.3. The van der Waals surface area contributed by atoms with E-state index in [1.807, 2.05) is 0 Å². The van der Waals surface area contributed by atoms with Crippen molar-refractivity contribution >= 4 is 11.9 Å². The van der Waals surface area contributed by atoms with Crippen molar-refractivity contribution in [2.45, 2.75) is 31.7 Å². The quantitative estimate of drug-likeness (QED) is 0.494. The van der Waals surface area contributed by atoms with Crippen LogP contribution in [0.25, 0.3) is 0 Å².